The van der Waals surface area contributed by atoms with E-state index in [1.165, 1.54) is 60.7 Å². The number of halogens is 2. The molecule has 0 saturated heterocycles. The van der Waals surface area contributed by atoms with Gasteiger partial charge in [-0.2, -0.15) is 0 Å². The molecule has 0 aromatic heterocycles. The highest BCUT2D eigenvalue weighted by molar-refractivity contribution is 7.95. The highest BCUT2D eigenvalue weighted by Crippen LogP contribution is 2.08. The zero-order chi connectivity index (χ0) is 17.6. The van der Waals surface area contributed by atoms with Crippen molar-refractivity contribution >= 4 is 27.8 Å². The van der Waals surface area contributed by atoms with Gasteiger partial charge in [-0.05, 0) is 47.5 Å². The van der Waals surface area contributed by atoms with Crippen LogP contribution in [0.4, 0.5) is 8.78 Å². The Balaban J connectivity index is 1.98. The number of carbonyl (C=O) groups is 1. The number of carbonyl (C=O) groups excluding carboxylic acids is 1. The maximum atomic E-state index is 12.8. The number of benzene rings is 2. The van der Waals surface area contributed by atoms with Crippen LogP contribution in [0.3, 0.4) is 0 Å². The Morgan fingerprint density at radius 2 is 1.29 bits per heavy atom. The van der Waals surface area contributed by atoms with Gasteiger partial charge in [-0.15, -0.1) is 0 Å². The molecule has 0 heterocycles. The van der Waals surface area contributed by atoms with Crippen molar-refractivity contribution in [3.05, 3.63) is 82.8 Å². The summed E-state index contributed by atoms with van der Waals surface area (Å²) < 4.78 is 49.3. The van der Waals surface area contributed by atoms with Crippen LogP contribution in [0, 0.1) is 11.6 Å². The third-order valence-corrected chi connectivity index (χ3v) is 4.25. The van der Waals surface area contributed by atoms with Crippen molar-refractivity contribution in [2.75, 3.05) is 5.75 Å². The van der Waals surface area contributed by atoms with Crippen LogP contribution in [0.5, 0.6) is 0 Å². The number of hydrogen-bond acceptors (Lipinski definition) is 3. The van der Waals surface area contributed by atoms with Gasteiger partial charge in [0.1, 0.15) is 17.4 Å². The monoisotopic (exact) mass is 348 g/mol. The van der Waals surface area contributed by atoms with Crippen LogP contribution in [-0.4, -0.2) is 20.0 Å². The van der Waals surface area contributed by atoms with Gasteiger partial charge < -0.3 is 0 Å². The van der Waals surface area contributed by atoms with Gasteiger partial charge in [0.15, 0.2) is 15.6 Å². The quantitative estimate of drug-likeness (QED) is 0.749. The highest BCUT2D eigenvalue weighted by Gasteiger charge is 2.11. The van der Waals surface area contributed by atoms with Crippen LogP contribution in [-0.2, 0) is 14.6 Å². The predicted octanol–water partition coefficient (Wildman–Crippen LogP) is 3.63. The largest absolute Gasteiger partial charge is 0.294 e. The molecule has 3 nitrogen and oxygen atoms in total. The van der Waals surface area contributed by atoms with E-state index in [-0.39, 0.29) is 0 Å². The molecule has 0 radical (unpaired) electrons. The minimum Gasteiger partial charge on any atom is -0.294 e. The zero-order valence-electron chi connectivity index (χ0n) is 12.5. The van der Waals surface area contributed by atoms with Crippen LogP contribution < -0.4 is 0 Å². The number of hydrogen-bond donors (Lipinski definition) is 0. The second-order valence-electron chi connectivity index (χ2n) is 5.01. The highest BCUT2D eigenvalue weighted by atomic mass is 32.2. The van der Waals surface area contributed by atoms with Crippen LogP contribution in [0.15, 0.2) is 60.0 Å². The molecular formula is C18H14F2O3S. The van der Waals surface area contributed by atoms with Crippen LogP contribution in [0.25, 0.3) is 12.2 Å². The van der Waals surface area contributed by atoms with Crippen LogP contribution >= 0.6 is 0 Å². The molecule has 0 spiro atoms. The third kappa shape index (κ3) is 5.89. The second-order valence-corrected chi connectivity index (χ2v) is 6.90. The molecule has 0 unspecified atom stereocenters. The lowest BCUT2D eigenvalue weighted by Crippen LogP contribution is -2.11. The lowest BCUT2D eigenvalue weighted by Gasteiger charge is -1.97. The minimum absolute atomic E-state index is 0.396. The van der Waals surface area contributed by atoms with E-state index in [0.29, 0.717) is 11.1 Å². The van der Waals surface area contributed by atoms with Gasteiger partial charge in [-0.3, -0.25) is 4.79 Å². The summed E-state index contributed by atoms with van der Waals surface area (Å²) in [5.74, 6) is -2.09. The molecule has 0 saturated carbocycles. The lowest BCUT2D eigenvalue weighted by molar-refractivity contribution is -0.112. The minimum atomic E-state index is -3.74. The number of allylic oxidation sites excluding steroid dienone is 1. The standard InChI is InChI=1S/C18H14F2O3S/c19-16-6-1-14(2-7-16)5-10-18(21)13-24(22,23)12-11-15-3-8-17(20)9-4-15/h1-12H,13H2/b10-5?,12-11+. The average molecular weight is 348 g/mol. The normalized spacial score (nSPS) is 12.1. The van der Waals surface area contributed by atoms with E-state index in [0.717, 1.165) is 11.5 Å². The molecule has 0 amide bonds. The summed E-state index contributed by atoms with van der Waals surface area (Å²) in [6, 6.07) is 10.7. The van der Waals surface area contributed by atoms with E-state index in [1.807, 2.05) is 0 Å². The molecule has 24 heavy (non-hydrogen) atoms. The van der Waals surface area contributed by atoms with Crippen molar-refractivity contribution in [2.24, 2.45) is 0 Å². The van der Waals surface area contributed by atoms with Gasteiger partial charge in [0.2, 0.25) is 0 Å². The summed E-state index contributed by atoms with van der Waals surface area (Å²) in [7, 11) is -3.74. The first kappa shape index (κ1) is 17.7. The molecule has 0 N–H and O–H groups in total. The van der Waals surface area contributed by atoms with Gasteiger partial charge >= 0.3 is 0 Å². The van der Waals surface area contributed by atoms with E-state index in [2.05, 4.69) is 0 Å². The maximum Gasteiger partial charge on any atom is 0.179 e. The Hall–Kier alpha value is -2.60. The maximum absolute atomic E-state index is 12.8. The third-order valence-electron chi connectivity index (χ3n) is 3.01. The van der Waals surface area contributed by atoms with E-state index in [4.69, 9.17) is 0 Å². The van der Waals surface area contributed by atoms with Gasteiger partial charge in [0.25, 0.3) is 0 Å². The Bertz CT molecular complexity index is 865. The molecule has 6 heteroatoms. The summed E-state index contributed by atoms with van der Waals surface area (Å²) >= 11 is 0. The van der Waals surface area contributed by atoms with Crippen molar-refractivity contribution in [3.8, 4) is 0 Å². The summed E-state index contributed by atoms with van der Waals surface area (Å²) in [5.41, 5.74) is 1.10. The van der Waals surface area contributed by atoms with Crippen LogP contribution in [0.2, 0.25) is 0 Å². The van der Waals surface area contributed by atoms with Crippen molar-refractivity contribution in [3.63, 3.8) is 0 Å². The predicted molar refractivity (Wildman–Crippen MR) is 89.7 cm³/mol. The molecule has 2 aromatic carbocycles. The Morgan fingerprint density at radius 3 is 1.79 bits per heavy atom. The summed E-state index contributed by atoms with van der Waals surface area (Å²) in [6.07, 6.45) is 3.85. The topological polar surface area (TPSA) is 51.2 Å². The van der Waals surface area contributed by atoms with Gasteiger partial charge in [0.05, 0.1) is 0 Å². The van der Waals surface area contributed by atoms with Gasteiger partial charge in [-0.1, -0.05) is 30.3 Å². The van der Waals surface area contributed by atoms with Crippen LogP contribution in [0.1, 0.15) is 11.1 Å². The number of rotatable bonds is 6. The Morgan fingerprint density at radius 1 is 0.833 bits per heavy atom. The molecule has 0 aliphatic carbocycles. The van der Waals surface area contributed by atoms with E-state index in [1.54, 1.807) is 0 Å². The molecule has 0 atom stereocenters. The number of ketones is 1. The van der Waals surface area contributed by atoms with Crippen molar-refractivity contribution < 1.29 is 22.0 Å². The van der Waals surface area contributed by atoms with Crippen molar-refractivity contribution in [1.82, 2.24) is 0 Å². The summed E-state index contributed by atoms with van der Waals surface area (Å²) in [5, 5.41) is 0.921. The fourth-order valence-corrected chi connectivity index (χ4v) is 2.77. The lowest BCUT2D eigenvalue weighted by atomic mass is 10.2. The van der Waals surface area contributed by atoms with Gasteiger partial charge in [-0.25, -0.2) is 17.2 Å². The molecule has 0 aliphatic heterocycles. The summed E-state index contributed by atoms with van der Waals surface area (Å²) in [6.45, 7) is 0. The van der Waals surface area contributed by atoms with Gasteiger partial charge in [0, 0.05) is 5.41 Å². The van der Waals surface area contributed by atoms with E-state index >= 15 is 0 Å². The Labute approximate surface area is 138 Å². The van der Waals surface area contributed by atoms with E-state index < -0.39 is 33.0 Å². The zero-order valence-corrected chi connectivity index (χ0v) is 13.3. The molecule has 0 bridgehead atoms. The van der Waals surface area contributed by atoms with E-state index in [9.17, 15) is 22.0 Å². The average Bonchev–Trinajstić information content (AvgIpc) is 2.53. The summed E-state index contributed by atoms with van der Waals surface area (Å²) in [4.78, 5) is 11.7. The number of sulfone groups is 1. The molecule has 124 valence electrons. The Kier molecular flexibility index (Phi) is 5.76. The first-order valence-corrected chi connectivity index (χ1v) is 8.68. The fourth-order valence-electron chi connectivity index (χ4n) is 1.81. The fraction of sp³-hybridized carbons (Fsp3) is 0.0556. The molecule has 0 fully saturated rings. The smallest absolute Gasteiger partial charge is 0.179 e. The molecule has 0 aliphatic rings. The molecule has 2 rings (SSSR count). The van der Waals surface area contributed by atoms with Crippen molar-refractivity contribution in [2.45, 2.75) is 0 Å². The SMILES string of the molecule is O=C(C=Cc1ccc(F)cc1)CS(=O)(=O)/C=C/c1ccc(F)cc1. The van der Waals surface area contributed by atoms with Crippen molar-refractivity contribution in [1.29, 1.82) is 0 Å². The first-order valence-electron chi connectivity index (χ1n) is 6.97. The first-order chi connectivity index (χ1) is 11.3. The molecule has 2 aromatic rings. The second kappa shape index (κ2) is 7.79. The molecular weight excluding hydrogens is 334 g/mol.